The highest BCUT2D eigenvalue weighted by Crippen LogP contribution is 2.45. The molecule has 2 aliphatic rings. The van der Waals surface area contributed by atoms with Crippen LogP contribution in [0.5, 0.6) is 0 Å². The highest BCUT2D eigenvalue weighted by molar-refractivity contribution is 5.24. The van der Waals surface area contributed by atoms with Crippen LogP contribution < -0.4 is 0 Å². The molecule has 2 aliphatic carbocycles. The van der Waals surface area contributed by atoms with E-state index in [4.69, 9.17) is 0 Å². The van der Waals surface area contributed by atoms with Crippen LogP contribution in [-0.2, 0) is 0 Å². The summed E-state index contributed by atoms with van der Waals surface area (Å²) in [5.74, 6) is 0.902. The van der Waals surface area contributed by atoms with Crippen LogP contribution >= 0.6 is 0 Å². The summed E-state index contributed by atoms with van der Waals surface area (Å²) in [6, 6.07) is 0. The first-order valence-electron chi connectivity index (χ1n) is 6.46. The fourth-order valence-electron chi connectivity index (χ4n) is 3.49. The van der Waals surface area contributed by atoms with Crippen molar-refractivity contribution < 1.29 is 0 Å². The molecule has 0 atom stereocenters. The van der Waals surface area contributed by atoms with Gasteiger partial charge in [-0.3, -0.25) is 0 Å². The minimum absolute atomic E-state index is 0.409. The topological polar surface area (TPSA) is 0 Å². The lowest BCUT2D eigenvalue weighted by Crippen LogP contribution is -2.19. The third-order valence-electron chi connectivity index (χ3n) is 4.10. The van der Waals surface area contributed by atoms with Gasteiger partial charge in [0.05, 0.1) is 0 Å². The summed E-state index contributed by atoms with van der Waals surface area (Å²) in [4.78, 5) is 0. The Hall–Kier alpha value is -0.520. The summed E-state index contributed by atoms with van der Waals surface area (Å²) in [7, 11) is 0. The van der Waals surface area contributed by atoms with Gasteiger partial charge in [-0.2, -0.15) is 0 Å². The third-order valence-corrected chi connectivity index (χ3v) is 4.10. The molecule has 0 nitrogen and oxygen atoms in total. The fourth-order valence-corrected chi connectivity index (χ4v) is 3.49. The van der Waals surface area contributed by atoms with Crippen molar-refractivity contribution in [3.05, 3.63) is 23.3 Å². The van der Waals surface area contributed by atoms with Gasteiger partial charge in [-0.15, -0.1) is 0 Å². The molecule has 0 aromatic heterocycles. The van der Waals surface area contributed by atoms with E-state index in [1.54, 1.807) is 11.1 Å². The molecule has 0 bridgehead atoms. The Bertz CT molecular complexity index is 285. The smallest absolute Gasteiger partial charge is 0.0105 e. The minimum atomic E-state index is 0.409. The number of hydrogen-bond acceptors (Lipinski definition) is 0. The highest BCUT2D eigenvalue weighted by atomic mass is 14.4. The van der Waals surface area contributed by atoms with Crippen molar-refractivity contribution in [3.63, 3.8) is 0 Å². The molecule has 0 saturated heterocycles. The Labute approximate surface area is 94.5 Å². The van der Waals surface area contributed by atoms with E-state index in [0.29, 0.717) is 5.41 Å². The lowest BCUT2D eigenvalue weighted by Gasteiger charge is -2.31. The van der Waals surface area contributed by atoms with Gasteiger partial charge in [0.25, 0.3) is 0 Å². The minimum Gasteiger partial charge on any atom is -0.0818 e. The summed E-state index contributed by atoms with van der Waals surface area (Å²) in [5, 5.41) is 0. The Kier molecular flexibility index (Phi) is 3.04. The summed E-state index contributed by atoms with van der Waals surface area (Å²) >= 11 is 0. The van der Waals surface area contributed by atoms with E-state index in [2.05, 4.69) is 32.9 Å². The molecule has 2 rings (SSSR count). The van der Waals surface area contributed by atoms with E-state index >= 15 is 0 Å². The summed E-state index contributed by atoms with van der Waals surface area (Å²) in [6.07, 6.45) is 13.1. The molecule has 0 heteroatoms. The van der Waals surface area contributed by atoms with Crippen molar-refractivity contribution >= 4 is 0 Å². The van der Waals surface area contributed by atoms with Crippen LogP contribution in [0.1, 0.15) is 59.3 Å². The average molecular weight is 204 g/mol. The summed E-state index contributed by atoms with van der Waals surface area (Å²) < 4.78 is 0. The van der Waals surface area contributed by atoms with E-state index in [-0.39, 0.29) is 0 Å². The molecule has 0 heterocycles. The Morgan fingerprint density at radius 2 is 1.80 bits per heavy atom. The molecule has 0 amide bonds. The van der Waals surface area contributed by atoms with Crippen molar-refractivity contribution in [1.82, 2.24) is 0 Å². The third kappa shape index (κ3) is 2.35. The van der Waals surface area contributed by atoms with Gasteiger partial charge < -0.3 is 0 Å². The maximum absolute atomic E-state index is 2.52. The zero-order valence-corrected chi connectivity index (χ0v) is 10.5. The second-order valence-corrected chi connectivity index (χ2v) is 5.99. The van der Waals surface area contributed by atoms with Crippen molar-refractivity contribution in [2.45, 2.75) is 59.3 Å². The van der Waals surface area contributed by atoms with Crippen LogP contribution in [0.2, 0.25) is 0 Å². The average Bonchev–Trinajstić information content (AvgIpc) is 2.59. The standard InChI is InChI=1S/C15H24/c1-12-7-6-10-14(15(2,3)11-12)13-8-4-5-9-13/h7,10,13H,4-6,8-9,11H2,1-3H3. The van der Waals surface area contributed by atoms with Gasteiger partial charge in [-0.05, 0) is 43.9 Å². The first kappa shape index (κ1) is 11.0. The fraction of sp³-hybridized carbons (Fsp3) is 0.733. The number of hydrogen-bond donors (Lipinski definition) is 0. The molecule has 0 aromatic carbocycles. The van der Waals surface area contributed by atoms with E-state index in [1.807, 2.05) is 0 Å². The van der Waals surface area contributed by atoms with Crippen LogP contribution in [-0.4, -0.2) is 0 Å². The summed E-state index contributed by atoms with van der Waals surface area (Å²) in [6.45, 7) is 7.15. The molecule has 0 aromatic rings. The Balaban J connectivity index is 2.19. The quantitative estimate of drug-likeness (QED) is 0.535. The molecule has 1 saturated carbocycles. The largest absolute Gasteiger partial charge is 0.0818 e. The molecule has 15 heavy (non-hydrogen) atoms. The molecular formula is C15H24. The van der Waals surface area contributed by atoms with E-state index in [1.165, 1.54) is 38.5 Å². The zero-order valence-electron chi connectivity index (χ0n) is 10.5. The molecule has 84 valence electrons. The molecule has 0 unspecified atom stereocenters. The van der Waals surface area contributed by atoms with Gasteiger partial charge >= 0.3 is 0 Å². The van der Waals surface area contributed by atoms with Crippen molar-refractivity contribution in [2.24, 2.45) is 11.3 Å². The van der Waals surface area contributed by atoms with Crippen molar-refractivity contribution in [2.75, 3.05) is 0 Å². The van der Waals surface area contributed by atoms with Crippen molar-refractivity contribution in [3.8, 4) is 0 Å². The predicted octanol–water partition coefficient (Wildman–Crippen LogP) is 4.87. The number of allylic oxidation sites excluding steroid dienone is 4. The number of rotatable bonds is 1. The molecule has 0 aliphatic heterocycles. The predicted molar refractivity (Wildman–Crippen MR) is 66.8 cm³/mol. The van der Waals surface area contributed by atoms with Gasteiger partial charge in [0, 0.05) is 0 Å². The van der Waals surface area contributed by atoms with E-state index < -0.39 is 0 Å². The lowest BCUT2D eigenvalue weighted by atomic mass is 9.73. The van der Waals surface area contributed by atoms with E-state index in [9.17, 15) is 0 Å². The summed E-state index contributed by atoms with van der Waals surface area (Å²) in [5.41, 5.74) is 3.74. The van der Waals surface area contributed by atoms with Crippen LogP contribution in [0, 0.1) is 11.3 Å². The normalized spacial score (nSPS) is 27.1. The van der Waals surface area contributed by atoms with Crippen LogP contribution in [0.25, 0.3) is 0 Å². The Morgan fingerprint density at radius 3 is 2.47 bits per heavy atom. The SMILES string of the molecule is CC1=CCC=C(C2CCCC2)C(C)(C)C1. The highest BCUT2D eigenvalue weighted by Gasteiger charge is 2.31. The maximum atomic E-state index is 2.52. The van der Waals surface area contributed by atoms with Gasteiger partial charge in [0.1, 0.15) is 0 Å². The lowest BCUT2D eigenvalue weighted by molar-refractivity contribution is 0.383. The second-order valence-electron chi connectivity index (χ2n) is 5.99. The molecule has 0 N–H and O–H groups in total. The van der Waals surface area contributed by atoms with Gasteiger partial charge in [0.15, 0.2) is 0 Å². The molecule has 0 spiro atoms. The van der Waals surface area contributed by atoms with Crippen LogP contribution in [0.4, 0.5) is 0 Å². The van der Waals surface area contributed by atoms with Crippen LogP contribution in [0.3, 0.4) is 0 Å². The van der Waals surface area contributed by atoms with Gasteiger partial charge in [-0.1, -0.05) is 50.0 Å². The van der Waals surface area contributed by atoms with Crippen LogP contribution in [0.15, 0.2) is 23.3 Å². The first-order chi connectivity index (χ1) is 7.09. The molecule has 0 radical (unpaired) electrons. The van der Waals surface area contributed by atoms with Crippen molar-refractivity contribution in [1.29, 1.82) is 0 Å². The molecule has 1 fully saturated rings. The molecular weight excluding hydrogens is 180 g/mol. The first-order valence-corrected chi connectivity index (χ1v) is 6.46. The maximum Gasteiger partial charge on any atom is -0.0105 e. The zero-order chi connectivity index (χ0) is 10.9. The van der Waals surface area contributed by atoms with Gasteiger partial charge in [0.2, 0.25) is 0 Å². The van der Waals surface area contributed by atoms with Gasteiger partial charge in [-0.25, -0.2) is 0 Å². The second kappa shape index (κ2) is 4.15. The Morgan fingerprint density at radius 1 is 1.13 bits per heavy atom. The van der Waals surface area contributed by atoms with E-state index in [0.717, 1.165) is 5.92 Å². The monoisotopic (exact) mass is 204 g/mol.